The Labute approximate surface area is 123 Å². The Balaban J connectivity index is 2.92. The van der Waals surface area contributed by atoms with Gasteiger partial charge in [-0.3, -0.25) is 5.10 Å². The van der Waals surface area contributed by atoms with E-state index in [-0.39, 0.29) is 17.2 Å². The quantitative estimate of drug-likeness (QED) is 0.451. The summed E-state index contributed by atoms with van der Waals surface area (Å²) in [5.74, 6) is -0.765. The molecule has 0 amide bonds. The van der Waals surface area contributed by atoms with Crippen molar-refractivity contribution in [3.05, 3.63) is 11.4 Å². The number of esters is 1. The third-order valence-electron chi connectivity index (χ3n) is 2.71. The van der Waals surface area contributed by atoms with Gasteiger partial charge >= 0.3 is 5.97 Å². The number of aromatic amines is 1. The van der Waals surface area contributed by atoms with Crippen LogP contribution in [0.2, 0.25) is 0 Å². The highest BCUT2D eigenvalue weighted by Gasteiger charge is 2.29. The van der Waals surface area contributed by atoms with Crippen molar-refractivity contribution in [3.63, 3.8) is 0 Å². The molecular formula is C12H19ClN2O4S. The normalized spacial score (nSPS) is 11.6. The monoisotopic (exact) mass is 322 g/mol. The van der Waals surface area contributed by atoms with Crippen molar-refractivity contribution in [2.24, 2.45) is 0 Å². The van der Waals surface area contributed by atoms with Crippen molar-refractivity contribution in [3.8, 4) is 0 Å². The van der Waals surface area contributed by atoms with Gasteiger partial charge in [-0.25, -0.2) is 13.2 Å². The van der Waals surface area contributed by atoms with E-state index in [9.17, 15) is 13.2 Å². The van der Waals surface area contributed by atoms with Gasteiger partial charge in [0, 0.05) is 10.7 Å². The van der Waals surface area contributed by atoms with Crippen molar-refractivity contribution < 1.29 is 17.9 Å². The van der Waals surface area contributed by atoms with Crippen LogP contribution < -0.4 is 0 Å². The van der Waals surface area contributed by atoms with Gasteiger partial charge in [0.2, 0.25) is 0 Å². The summed E-state index contributed by atoms with van der Waals surface area (Å²) in [7, 11) is 1.33. The lowest BCUT2D eigenvalue weighted by atomic mass is 10.2. The first-order valence-corrected chi connectivity index (χ1v) is 8.91. The molecule has 0 aromatic carbocycles. The molecule has 0 saturated carbocycles. The van der Waals surface area contributed by atoms with Crippen molar-refractivity contribution in [1.29, 1.82) is 0 Å². The minimum absolute atomic E-state index is 0.240. The van der Waals surface area contributed by atoms with E-state index in [1.54, 1.807) is 0 Å². The smallest absolute Gasteiger partial charge is 0.360 e. The summed E-state index contributed by atoms with van der Waals surface area (Å²) in [5, 5.41) is 6.29. The molecule has 6 nitrogen and oxygen atoms in total. The maximum atomic E-state index is 11.9. The van der Waals surface area contributed by atoms with Gasteiger partial charge in [0.05, 0.1) is 12.3 Å². The van der Waals surface area contributed by atoms with Crippen molar-refractivity contribution in [2.75, 3.05) is 6.61 Å². The first kappa shape index (κ1) is 17.0. The molecule has 0 bridgehead atoms. The topological polar surface area (TPSA) is 89.1 Å². The summed E-state index contributed by atoms with van der Waals surface area (Å²) < 4.78 is 28.2. The zero-order valence-electron chi connectivity index (χ0n) is 11.6. The molecule has 0 unspecified atom stereocenters. The van der Waals surface area contributed by atoms with Gasteiger partial charge in [0.15, 0.2) is 5.69 Å². The summed E-state index contributed by atoms with van der Waals surface area (Å²) in [5.41, 5.74) is 0.0722. The van der Waals surface area contributed by atoms with Crippen LogP contribution in [-0.2, 0) is 20.2 Å². The Hall–Kier alpha value is -1.08. The van der Waals surface area contributed by atoms with E-state index < -0.39 is 15.0 Å². The molecule has 0 aliphatic heterocycles. The number of aryl methyl sites for hydroxylation is 1. The maximum absolute atomic E-state index is 11.9. The lowest BCUT2D eigenvalue weighted by Crippen LogP contribution is -2.11. The standard InChI is InChI=1S/C12H19ClN2O4S/c1-3-5-6-8-19-12(16)10-11(20(13,17)18)9(7-4-2)14-15-10/h3-8H2,1-2H3,(H,14,15). The summed E-state index contributed by atoms with van der Waals surface area (Å²) in [6.45, 7) is 4.16. The molecule has 8 heteroatoms. The third-order valence-corrected chi connectivity index (χ3v) is 4.10. The van der Waals surface area contributed by atoms with Gasteiger partial charge in [-0.05, 0) is 12.8 Å². The molecule has 0 aliphatic carbocycles. The Morgan fingerprint density at radius 1 is 1.30 bits per heavy atom. The van der Waals surface area contributed by atoms with Crippen LogP contribution in [-0.4, -0.2) is 31.2 Å². The number of rotatable bonds is 8. The fraction of sp³-hybridized carbons (Fsp3) is 0.667. The van der Waals surface area contributed by atoms with Gasteiger partial charge < -0.3 is 4.74 Å². The minimum Gasteiger partial charge on any atom is -0.461 e. The first-order valence-electron chi connectivity index (χ1n) is 6.60. The number of hydrogen-bond acceptors (Lipinski definition) is 5. The molecule has 1 heterocycles. The van der Waals surface area contributed by atoms with Crippen LogP contribution >= 0.6 is 10.7 Å². The summed E-state index contributed by atoms with van der Waals surface area (Å²) >= 11 is 0. The highest BCUT2D eigenvalue weighted by molar-refractivity contribution is 8.13. The predicted molar refractivity (Wildman–Crippen MR) is 75.4 cm³/mol. The number of nitrogens with zero attached hydrogens (tertiary/aromatic N) is 1. The van der Waals surface area contributed by atoms with E-state index in [1.807, 2.05) is 13.8 Å². The molecule has 1 aromatic rings. The lowest BCUT2D eigenvalue weighted by Gasteiger charge is -2.03. The summed E-state index contributed by atoms with van der Waals surface area (Å²) in [6, 6.07) is 0. The molecule has 0 fully saturated rings. The second-order valence-corrected chi connectivity index (χ2v) is 6.91. The van der Waals surface area contributed by atoms with Gasteiger partial charge in [-0.2, -0.15) is 5.10 Å². The fourth-order valence-electron chi connectivity index (χ4n) is 1.77. The van der Waals surface area contributed by atoms with Crippen LogP contribution in [0.5, 0.6) is 0 Å². The second kappa shape index (κ2) is 7.64. The Morgan fingerprint density at radius 2 is 2.00 bits per heavy atom. The second-order valence-electron chi connectivity index (χ2n) is 4.41. The van der Waals surface area contributed by atoms with E-state index in [2.05, 4.69) is 10.2 Å². The van der Waals surface area contributed by atoms with Gasteiger partial charge in [-0.1, -0.05) is 33.1 Å². The number of carbonyl (C=O) groups is 1. The van der Waals surface area contributed by atoms with Crippen LogP contribution in [0.4, 0.5) is 0 Å². The van der Waals surface area contributed by atoms with Crippen LogP contribution in [0.3, 0.4) is 0 Å². The highest BCUT2D eigenvalue weighted by atomic mass is 35.7. The summed E-state index contributed by atoms with van der Waals surface area (Å²) in [6.07, 6.45) is 3.82. The van der Waals surface area contributed by atoms with Gasteiger partial charge in [0.25, 0.3) is 9.05 Å². The average molecular weight is 323 g/mol. The first-order chi connectivity index (χ1) is 9.41. The molecule has 114 valence electrons. The molecule has 0 saturated heterocycles. The van der Waals surface area contributed by atoms with E-state index in [0.29, 0.717) is 18.5 Å². The molecular weight excluding hydrogens is 304 g/mol. The number of H-pyrrole nitrogens is 1. The van der Waals surface area contributed by atoms with E-state index in [0.717, 1.165) is 19.3 Å². The number of ether oxygens (including phenoxy) is 1. The molecule has 1 N–H and O–H groups in total. The lowest BCUT2D eigenvalue weighted by molar-refractivity contribution is 0.0486. The van der Waals surface area contributed by atoms with Crippen molar-refractivity contribution in [2.45, 2.75) is 50.8 Å². The number of carbonyl (C=O) groups excluding carboxylic acids is 1. The van der Waals surface area contributed by atoms with Crippen molar-refractivity contribution in [1.82, 2.24) is 10.2 Å². The van der Waals surface area contributed by atoms with E-state index in [1.165, 1.54) is 0 Å². The van der Waals surface area contributed by atoms with Crippen LogP contribution in [0.25, 0.3) is 0 Å². The van der Waals surface area contributed by atoms with Crippen molar-refractivity contribution >= 4 is 25.7 Å². The molecule has 0 spiro atoms. The van der Waals surface area contributed by atoms with Gasteiger partial charge in [0.1, 0.15) is 4.90 Å². The highest BCUT2D eigenvalue weighted by Crippen LogP contribution is 2.24. The zero-order valence-corrected chi connectivity index (χ0v) is 13.2. The average Bonchev–Trinajstić information content (AvgIpc) is 2.78. The number of hydrogen-bond donors (Lipinski definition) is 1. The largest absolute Gasteiger partial charge is 0.461 e. The molecule has 0 radical (unpaired) electrons. The predicted octanol–water partition coefficient (Wildman–Crippen LogP) is 2.64. The zero-order chi connectivity index (χ0) is 15.2. The van der Waals surface area contributed by atoms with Crippen LogP contribution in [0, 0.1) is 0 Å². The molecule has 20 heavy (non-hydrogen) atoms. The van der Waals surface area contributed by atoms with Crippen LogP contribution in [0.1, 0.15) is 55.7 Å². The number of aromatic nitrogens is 2. The molecule has 1 rings (SSSR count). The number of unbranched alkanes of at least 4 members (excludes halogenated alkanes) is 2. The SMILES string of the molecule is CCCCCOC(=O)c1n[nH]c(CCC)c1S(=O)(=O)Cl. The number of nitrogens with one attached hydrogen (secondary N) is 1. The number of halogens is 1. The van der Waals surface area contributed by atoms with Crippen LogP contribution in [0.15, 0.2) is 4.90 Å². The van der Waals surface area contributed by atoms with E-state index in [4.69, 9.17) is 15.4 Å². The van der Waals surface area contributed by atoms with Gasteiger partial charge in [-0.15, -0.1) is 0 Å². The minimum atomic E-state index is -4.05. The molecule has 0 atom stereocenters. The maximum Gasteiger partial charge on any atom is 0.360 e. The Bertz CT molecular complexity index is 554. The molecule has 1 aromatic heterocycles. The third kappa shape index (κ3) is 4.49. The molecule has 0 aliphatic rings. The fourth-order valence-corrected chi connectivity index (χ4v) is 3.07. The Morgan fingerprint density at radius 3 is 2.55 bits per heavy atom. The summed E-state index contributed by atoms with van der Waals surface area (Å²) in [4.78, 5) is 11.6. The van der Waals surface area contributed by atoms with E-state index >= 15 is 0 Å². The Kier molecular flexibility index (Phi) is 6.48.